The number of nitrogens with zero attached hydrogens (tertiary/aromatic N) is 1. The number of likely N-dealkylation sites (tertiary alicyclic amines) is 1. The van der Waals surface area contributed by atoms with Gasteiger partial charge in [0, 0.05) is 18.1 Å². The highest BCUT2D eigenvalue weighted by molar-refractivity contribution is 6.30. The number of aliphatic carboxylic acids is 1. The van der Waals surface area contributed by atoms with Gasteiger partial charge in [-0.25, -0.2) is 4.39 Å². The van der Waals surface area contributed by atoms with Crippen LogP contribution in [0.2, 0.25) is 5.02 Å². The van der Waals surface area contributed by atoms with Gasteiger partial charge in [-0.3, -0.25) is 9.59 Å². The molecule has 0 spiro atoms. The fraction of sp³-hybridized carbons (Fsp3) is 0.385. The van der Waals surface area contributed by atoms with Crippen molar-refractivity contribution < 1.29 is 19.1 Å². The molecule has 1 aromatic carbocycles. The summed E-state index contributed by atoms with van der Waals surface area (Å²) in [6.45, 7) is 1.98. The van der Waals surface area contributed by atoms with E-state index < -0.39 is 23.1 Å². The van der Waals surface area contributed by atoms with Crippen LogP contribution in [0.15, 0.2) is 18.2 Å². The zero-order valence-corrected chi connectivity index (χ0v) is 11.1. The third-order valence-corrected chi connectivity index (χ3v) is 3.67. The van der Waals surface area contributed by atoms with Crippen molar-refractivity contribution in [2.75, 3.05) is 13.1 Å². The van der Waals surface area contributed by atoms with Crippen LogP contribution in [0.25, 0.3) is 0 Å². The van der Waals surface area contributed by atoms with E-state index in [0.717, 1.165) is 6.07 Å². The van der Waals surface area contributed by atoms with Gasteiger partial charge in [0.25, 0.3) is 5.91 Å². The van der Waals surface area contributed by atoms with Crippen LogP contribution in [0.5, 0.6) is 0 Å². The van der Waals surface area contributed by atoms with Crippen molar-refractivity contribution in [3.8, 4) is 0 Å². The summed E-state index contributed by atoms with van der Waals surface area (Å²) in [4.78, 5) is 24.6. The summed E-state index contributed by atoms with van der Waals surface area (Å²) >= 11 is 5.63. The first kappa shape index (κ1) is 13.8. The van der Waals surface area contributed by atoms with Crippen molar-refractivity contribution in [2.45, 2.75) is 13.3 Å². The zero-order chi connectivity index (χ0) is 14.2. The lowest BCUT2D eigenvalue weighted by Gasteiger charge is -2.20. The second-order valence-corrected chi connectivity index (χ2v) is 5.40. The normalized spacial score (nSPS) is 22.6. The second-order valence-electron chi connectivity index (χ2n) is 4.97. The number of carboxylic acids is 1. The molecule has 0 saturated carbocycles. The molecular weight excluding hydrogens is 273 g/mol. The van der Waals surface area contributed by atoms with Crippen LogP contribution in [0.1, 0.15) is 23.7 Å². The van der Waals surface area contributed by atoms with Crippen molar-refractivity contribution in [1.29, 1.82) is 0 Å². The highest BCUT2D eigenvalue weighted by atomic mass is 35.5. The standard InChI is InChI=1S/C13H13ClFNO3/c1-13(12(18)19)4-5-16(7-13)11(17)9-3-2-8(14)6-10(9)15/h2-3,6H,4-5,7H2,1H3,(H,18,19). The van der Waals surface area contributed by atoms with Gasteiger partial charge in [0.1, 0.15) is 5.82 Å². The molecule has 1 saturated heterocycles. The van der Waals surface area contributed by atoms with Crippen molar-refractivity contribution in [3.05, 3.63) is 34.6 Å². The largest absolute Gasteiger partial charge is 0.481 e. The quantitative estimate of drug-likeness (QED) is 0.908. The Morgan fingerprint density at radius 2 is 2.16 bits per heavy atom. The Kier molecular flexibility index (Phi) is 3.49. The highest BCUT2D eigenvalue weighted by Gasteiger charge is 2.42. The number of benzene rings is 1. The molecule has 1 heterocycles. The molecule has 1 atom stereocenters. The predicted octanol–water partition coefficient (Wildman–Crippen LogP) is 2.42. The molecule has 1 N–H and O–H groups in total. The molecule has 1 aliphatic heterocycles. The molecule has 102 valence electrons. The summed E-state index contributed by atoms with van der Waals surface area (Å²) in [7, 11) is 0. The summed E-state index contributed by atoms with van der Waals surface area (Å²) < 4.78 is 13.7. The van der Waals surface area contributed by atoms with E-state index in [4.69, 9.17) is 16.7 Å². The molecule has 1 aromatic rings. The molecule has 6 heteroatoms. The van der Waals surface area contributed by atoms with Gasteiger partial charge in [-0.05, 0) is 31.5 Å². The Balaban J connectivity index is 2.20. The van der Waals surface area contributed by atoms with Crippen LogP contribution in [0.4, 0.5) is 4.39 Å². The lowest BCUT2D eigenvalue weighted by atomic mass is 9.90. The molecule has 1 amide bonds. The van der Waals surface area contributed by atoms with E-state index in [1.54, 1.807) is 6.92 Å². The monoisotopic (exact) mass is 285 g/mol. The molecule has 2 rings (SSSR count). The van der Waals surface area contributed by atoms with Gasteiger partial charge < -0.3 is 10.0 Å². The van der Waals surface area contributed by atoms with Gasteiger partial charge in [-0.15, -0.1) is 0 Å². The number of carbonyl (C=O) groups is 2. The van der Waals surface area contributed by atoms with Crippen LogP contribution in [-0.2, 0) is 4.79 Å². The summed E-state index contributed by atoms with van der Waals surface area (Å²) in [5.41, 5.74) is -1.04. The number of hydrogen-bond donors (Lipinski definition) is 1. The third-order valence-electron chi connectivity index (χ3n) is 3.44. The zero-order valence-electron chi connectivity index (χ0n) is 10.3. The lowest BCUT2D eigenvalue weighted by Crippen LogP contribution is -2.35. The number of rotatable bonds is 2. The van der Waals surface area contributed by atoms with Crippen LogP contribution >= 0.6 is 11.6 Å². The van der Waals surface area contributed by atoms with Gasteiger partial charge in [-0.2, -0.15) is 0 Å². The van der Waals surface area contributed by atoms with E-state index in [1.165, 1.54) is 17.0 Å². The summed E-state index contributed by atoms with van der Waals surface area (Å²) in [6.07, 6.45) is 0.364. The topological polar surface area (TPSA) is 57.6 Å². The fourth-order valence-electron chi connectivity index (χ4n) is 2.14. The van der Waals surface area contributed by atoms with E-state index in [2.05, 4.69) is 0 Å². The van der Waals surface area contributed by atoms with Crippen LogP contribution in [0, 0.1) is 11.2 Å². The Hall–Kier alpha value is -1.62. The smallest absolute Gasteiger partial charge is 0.311 e. The van der Waals surface area contributed by atoms with Crippen LogP contribution in [0.3, 0.4) is 0 Å². The third kappa shape index (κ3) is 2.56. The molecule has 0 bridgehead atoms. The fourth-order valence-corrected chi connectivity index (χ4v) is 2.30. The van der Waals surface area contributed by atoms with Gasteiger partial charge in [-0.1, -0.05) is 11.6 Å². The van der Waals surface area contributed by atoms with Crippen molar-refractivity contribution >= 4 is 23.5 Å². The molecule has 19 heavy (non-hydrogen) atoms. The maximum absolute atomic E-state index is 13.7. The summed E-state index contributed by atoms with van der Waals surface area (Å²) in [6, 6.07) is 3.82. The first-order valence-corrected chi connectivity index (χ1v) is 6.19. The van der Waals surface area contributed by atoms with Crippen molar-refractivity contribution in [3.63, 3.8) is 0 Å². The van der Waals surface area contributed by atoms with Crippen LogP contribution < -0.4 is 0 Å². The van der Waals surface area contributed by atoms with Crippen LogP contribution in [-0.4, -0.2) is 35.0 Å². The number of carboxylic acid groups (broad SMARTS) is 1. The first-order chi connectivity index (χ1) is 8.83. The van der Waals surface area contributed by atoms with E-state index in [9.17, 15) is 14.0 Å². The minimum Gasteiger partial charge on any atom is -0.481 e. The van der Waals surface area contributed by atoms with Gasteiger partial charge >= 0.3 is 5.97 Å². The molecular formula is C13H13ClFNO3. The molecule has 1 unspecified atom stereocenters. The lowest BCUT2D eigenvalue weighted by molar-refractivity contribution is -0.147. The molecule has 0 aromatic heterocycles. The van der Waals surface area contributed by atoms with E-state index in [-0.39, 0.29) is 17.1 Å². The minimum absolute atomic E-state index is 0.0842. The molecule has 1 fully saturated rings. The number of amides is 1. The number of carbonyl (C=O) groups excluding carboxylic acids is 1. The van der Waals surface area contributed by atoms with E-state index in [0.29, 0.717) is 13.0 Å². The number of hydrogen-bond acceptors (Lipinski definition) is 2. The average molecular weight is 286 g/mol. The van der Waals surface area contributed by atoms with E-state index >= 15 is 0 Å². The summed E-state index contributed by atoms with van der Waals surface area (Å²) in [5.74, 6) is -2.14. The van der Waals surface area contributed by atoms with Gasteiger partial charge in [0.05, 0.1) is 11.0 Å². The van der Waals surface area contributed by atoms with Crippen molar-refractivity contribution in [2.24, 2.45) is 5.41 Å². The maximum Gasteiger partial charge on any atom is 0.311 e. The SMILES string of the molecule is CC1(C(=O)O)CCN(C(=O)c2ccc(Cl)cc2F)C1. The minimum atomic E-state index is -0.960. The molecule has 1 aliphatic rings. The average Bonchev–Trinajstić information content (AvgIpc) is 2.73. The van der Waals surface area contributed by atoms with Crippen molar-refractivity contribution in [1.82, 2.24) is 4.90 Å². The second kappa shape index (κ2) is 4.81. The van der Waals surface area contributed by atoms with E-state index in [1.807, 2.05) is 0 Å². The Labute approximate surface area is 114 Å². The molecule has 0 radical (unpaired) electrons. The Morgan fingerprint density at radius 3 is 2.68 bits per heavy atom. The molecule has 4 nitrogen and oxygen atoms in total. The Bertz CT molecular complexity index is 549. The predicted molar refractivity (Wildman–Crippen MR) is 67.7 cm³/mol. The maximum atomic E-state index is 13.7. The van der Waals surface area contributed by atoms with Gasteiger partial charge in [0.15, 0.2) is 0 Å². The number of halogens is 2. The first-order valence-electron chi connectivity index (χ1n) is 5.81. The van der Waals surface area contributed by atoms with Gasteiger partial charge in [0.2, 0.25) is 0 Å². The highest BCUT2D eigenvalue weighted by Crippen LogP contribution is 2.31. The Morgan fingerprint density at radius 1 is 1.47 bits per heavy atom. The summed E-state index contributed by atoms with van der Waals surface area (Å²) in [5, 5.41) is 9.32. The molecule has 0 aliphatic carbocycles.